The standard InChI is InChI=1S/C13H26O4/c1-8(11(15)9(2)12(16)17)6-7-10(14)13(3,4)5/h8-11,14-15H,6-7H2,1-5H3,(H,16,17)/t8?,9-,10?,11?/m1/s1. The Kier molecular flexibility index (Phi) is 6.13. The molecule has 102 valence electrons. The molecule has 0 amide bonds. The molecular formula is C13H26O4. The van der Waals surface area contributed by atoms with Crippen LogP contribution in [0.15, 0.2) is 0 Å². The fraction of sp³-hybridized carbons (Fsp3) is 0.923. The molecule has 4 nitrogen and oxygen atoms in total. The summed E-state index contributed by atoms with van der Waals surface area (Å²) >= 11 is 0. The van der Waals surface area contributed by atoms with Crippen LogP contribution >= 0.6 is 0 Å². The molecule has 0 radical (unpaired) electrons. The molecule has 0 spiro atoms. The van der Waals surface area contributed by atoms with Gasteiger partial charge in [-0.3, -0.25) is 4.79 Å². The van der Waals surface area contributed by atoms with Crippen molar-refractivity contribution in [2.45, 2.75) is 59.7 Å². The van der Waals surface area contributed by atoms with Crippen molar-refractivity contribution < 1.29 is 20.1 Å². The summed E-state index contributed by atoms with van der Waals surface area (Å²) in [6.07, 6.45) is -0.0948. The first kappa shape index (κ1) is 16.4. The highest BCUT2D eigenvalue weighted by molar-refractivity contribution is 5.70. The lowest BCUT2D eigenvalue weighted by Gasteiger charge is -2.28. The van der Waals surface area contributed by atoms with Gasteiger partial charge in [-0.25, -0.2) is 0 Å². The smallest absolute Gasteiger partial charge is 0.308 e. The summed E-state index contributed by atoms with van der Waals surface area (Å²) in [5, 5.41) is 28.5. The highest BCUT2D eigenvalue weighted by atomic mass is 16.4. The van der Waals surface area contributed by atoms with E-state index < -0.39 is 24.1 Å². The van der Waals surface area contributed by atoms with Gasteiger partial charge in [-0.15, -0.1) is 0 Å². The molecule has 0 aliphatic carbocycles. The van der Waals surface area contributed by atoms with Crippen LogP contribution in [0.25, 0.3) is 0 Å². The Bertz CT molecular complexity index is 244. The van der Waals surface area contributed by atoms with Crippen molar-refractivity contribution in [1.29, 1.82) is 0 Å². The predicted octanol–water partition coefficient (Wildman–Crippen LogP) is 1.89. The van der Waals surface area contributed by atoms with Crippen molar-refractivity contribution in [3.63, 3.8) is 0 Å². The van der Waals surface area contributed by atoms with Crippen molar-refractivity contribution in [3.05, 3.63) is 0 Å². The van der Waals surface area contributed by atoms with Gasteiger partial charge in [0.15, 0.2) is 0 Å². The Morgan fingerprint density at radius 1 is 1.12 bits per heavy atom. The van der Waals surface area contributed by atoms with Crippen LogP contribution in [-0.2, 0) is 4.79 Å². The highest BCUT2D eigenvalue weighted by Crippen LogP contribution is 2.26. The van der Waals surface area contributed by atoms with E-state index in [2.05, 4.69) is 0 Å². The normalized spacial score (nSPS) is 19.5. The molecule has 0 bridgehead atoms. The third-order valence-corrected chi connectivity index (χ3v) is 3.38. The minimum Gasteiger partial charge on any atom is -0.481 e. The van der Waals surface area contributed by atoms with E-state index in [1.165, 1.54) is 6.92 Å². The lowest BCUT2D eigenvalue weighted by molar-refractivity contribution is -0.146. The zero-order valence-corrected chi connectivity index (χ0v) is 11.5. The van der Waals surface area contributed by atoms with Crippen LogP contribution in [0.4, 0.5) is 0 Å². The SMILES string of the molecule is CC(CCC(O)C(C)(C)C)C(O)[C@@H](C)C(=O)O. The highest BCUT2D eigenvalue weighted by Gasteiger charge is 2.28. The number of hydrogen-bond donors (Lipinski definition) is 3. The van der Waals surface area contributed by atoms with Gasteiger partial charge in [-0.1, -0.05) is 27.7 Å². The fourth-order valence-corrected chi connectivity index (χ4v) is 1.66. The summed E-state index contributed by atoms with van der Waals surface area (Å²) in [4.78, 5) is 10.7. The van der Waals surface area contributed by atoms with E-state index in [0.717, 1.165) is 0 Å². The molecular weight excluding hydrogens is 220 g/mol. The molecule has 0 heterocycles. The molecule has 0 aliphatic rings. The molecule has 17 heavy (non-hydrogen) atoms. The molecule has 0 saturated heterocycles. The third-order valence-electron chi connectivity index (χ3n) is 3.38. The van der Waals surface area contributed by atoms with Crippen LogP contribution in [0.5, 0.6) is 0 Å². The zero-order valence-electron chi connectivity index (χ0n) is 11.5. The molecule has 3 unspecified atom stereocenters. The monoisotopic (exact) mass is 246 g/mol. The molecule has 0 rings (SSSR count). The number of carboxylic acid groups (broad SMARTS) is 1. The molecule has 0 saturated carbocycles. The third kappa shape index (κ3) is 5.50. The number of aliphatic hydroxyl groups excluding tert-OH is 2. The zero-order chi connectivity index (χ0) is 13.8. The van der Waals surface area contributed by atoms with Crippen LogP contribution < -0.4 is 0 Å². The van der Waals surface area contributed by atoms with Gasteiger partial charge in [0.1, 0.15) is 0 Å². The van der Waals surface area contributed by atoms with E-state index in [0.29, 0.717) is 12.8 Å². The van der Waals surface area contributed by atoms with Crippen molar-refractivity contribution in [2.24, 2.45) is 17.3 Å². The van der Waals surface area contributed by atoms with Crippen molar-refractivity contribution in [3.8, 4) is 0 Å². The lowest BCUT2D eigenvalue weighted by atomic mass is 9.83. The van der Waals surface area contributed by atoms with Crippen molar-refractivity contribution in [1.82, 2.24) is 0 Å². The average molecular weight is 246 g/mol. The molecule has 0 aromatic carbocycles. The van der Waals surface area contributed by atoms with E-state index in [-0.39, 0.29) is 11.3 Å². The summed E-state index contributed by atoms with van der Waals surface area (Å²) < 4.78 is 0. The molecule has 0 aliphatic heterocycles. The Morgan fingerprint density at radius 3 is 1.94 bits per heavy atom. The summed E-state index contributed by atoms with van der Waals surface area (Å²) in [5.41, 5.74) is -0.177. The Hall–Kier alpha value is -0.610. The fourth-order valence-electron chi connectivity index (χ4n) is 1.66. The minimum atomic E-state index is -0.985. The quantitative estimate of drug-likeness (QED) is 0.669. The minimum absolute atomic E-state index is 0.127. The molecule has 0 aromatic rings. The summed E-state index contributed by atoms with van der Waals surface area (Å²) in [7, 11) is 0. The van der Waals surface area contributed by atoms with Crippen LogP contribution in [0, 0.1) is 17.3 Å². The number of carbonyl (C=O) groups is 1. The van der Waals surface area contributed by atoms with Crippen LogP contribution in [0.3, 0.4) is 0 Å². The first-order chi connectivity index (χ1) is 7.57. The van der Waals surface area contributed by atoms with E-state index >= 15 is 0 Å². The summed E-state index contributed by atoms with van der Waals surface area (Å²) in [6, 6.07) is 0. The van der Waals surface area contributed by atoms with E-state index in [4.69, 9.17) is 5.11 Å². The summed E-state index contributed by atoms with van der Waals surface area (Å²) in [5.74, 6) is -1.88. The molecule has 0 aromatic heterocycles. The van der Waals surface area contributed by atoms with Crippen LogP contribution in [-0.4, -0.2) is 33.5 Å². The maximum atomic E-state index is 10.7. The van der Waals surface area contributed by atoms with Gasteiger partial charge in [0, 0.05) is 0 Å². The van der Waals surface area contributed by atoms with E-state index in [9.17, 15) is 15.0 Å². The number of hydrogen-bond acceptors (Lipinski definition) is 3. The second-order valence-corrected chi connectivity index (χ2v) is 6.05. The molecule has 3 N–H and O–H groups in total. The second-order valence-electron chi connectivity index (χ2n) is 6.05. The molecule has 4 heteroatoms. The summed E-state index contributed by atoms with van der Waals surface area (Å²) in [6.45, 7) is 9.19. The first-order valence-corrected chi connectivity index (χ1v) is 6.16. The molecule has 0 fully saturated rings. The maximum absolute atomic E-state index is 10.7. The molecule has 4 atom stereocenters. The van der Waals surface area contributed by atoms with Gasteiger partial charge in [0.2, 0.25) is 0 Å². The Morgan fingerprint density at radius 2 is 1.59 bits per heavy atom. The second kappa shape index (κ2) is 6.36. The van der Waals surface area contributed by atoms with Gasteiger partial charge < -0.3 is 15.3 Å². The number of aliphatic carboxylic acids is 1. The van der Waals surface area contributed by atoms with E-state index in [1.807, 2.05) is 27.7 Å². The lowest BCUT2D eigenvalue weighted by Crippen LogP contribution is -2.33. The van der Waals surface area contributed by atoms with Crippen LogP contribution in [0.1, 0.15) is 47.5 Å². The van der Waals surface area contributed by atoms with Crippen molar-refractivity contribution in [2.75, 3.05) is 0 Å². The number of aliphatic hydroxyl groups is 2. The topological polar surface area (TPSA) is 77.8 Å². The average Bonchev–Trinajstić information content (AvgIpc) is 2.21. The van der Waals surface area contributed by atoms with Crippen LogP contribution in [0.2, 0.25) is 0 Å². The number of rotatable bonds is 6. The Balaban J connectivity index is 4.19. The van der Waals surface area contributed by atoms with Gasteiger partial charge in [-0.05, 0) is 31.1 Å². The first-order valence-electron chi connectivity index (χ1n) is 6.16. The van der Waals surface area contributed by atoms with Gasteiger partial charge >= 0.3 is 5.97 Å². The van der Waals surface area contributed by atoms with Crippen molar-refractivity contribution >= 4 is 5.97 Å². The number of carboxylic acids is 1. The largest absolute Gasteiger partial charge is 0.481 e. The van der Waals surface area contributed by atoms with Gasteiger partial charge in [0.05, 0.1) is 18.1 Å². The van der Waals surface area contributed by atoms with Gasteiger partial charge in [-0.2, -0.15) is 0 Å². The maximum Gasteiger partial charge on any atom is 0.308 e. The van der Waals surface area contributed by atoms with Gasteiger partial charge in [0.25, 0.3) is 0 Å². The predicted molar refractivity (Wildman–Crippen MR) is 66.7 cm³/mol. The Labute approximate surface area is 104 Å². The van der Waals surface area contributed by atoms with E-state index in [1.54, 1.807) is 0 Å².